The second-order valence-electron chi connectivity index (χ2n) is 5.86. The van der Waals surface area contributed by atoms with E-state index in [1.807, 2.05) is 31.2 Å². The summed E-state index contributed by atoms with van der Waals surface area (Å²) in [6.45, 7) is 3.42. The second-order valence-corrected chi connectivity index (χ2v) is 6.27. The van der Waals surface area contributed by atoms with E-state index in [2.05, 4.69) is 5.32 Å². The lowest BCUT2D eigenvalue weighted by Gasteiger charge is -2.26. The number of hydrogen-bond acceptors (Lipinski definition) is 2. The Balaban J connectivity index is 2.06. The maximum Gasteiger partial charge on any atom is 0.322 e. The maximum absolute atomic E-state index is 12.5. The minimum Gasteiger partial charge on any atom is -0.321 e. The smallest absolute Gasteiger partial charge is 0.321 e. The van der Waals surface area contributed by atoms with E-state index in [1.54, 1.807) is 43.3 Å². The van der Waals surface area contributed by atoms with Gasteiger partial charge in [-0.3, -0.25) is 4.79 Å². The fourth-order valence-electron chi connectivity index (χ4n) is 2.36. The summed E-state index contributed by atoms with van der Waals surface area (Å²) in [6, 6.07) is 14.2. The molecule has 0 fully saturated rings. The Kier molecular flexibility index (Phi) is 6.04. The molecule has 5 nitrogen and oxygen atoms in total. The normalized spacial score (nSPS) is 11.6. The molecule has 1 atom stereocenters. The monoisotopic (exact) mass is 359 g/mol. The molecule has 3 amide bonds. The highest BCUT2D eigenvalue weighted by molar-refractivity contribution is 6.31. The van der Waals surface area contributed by atoms with Crippen molar-refractivity contribution in [3.63, 3.8) is 0 Å². The Morgan fingerprint density at radius 3 is 2.20 bits per heavy atom. The van der Waals surface area contributed by atoms with Crippen molar-refractivity contribution in [3.8, 4) is 0 Å². The van der Waals surface area contributed by atoms with E-state index in [1.165, 1.54) is 11.8 Å². The van der Waals surface area contributed by atoms with Gasteiger partial charge < -0.3 is 15.1 Å². The number of anilines is 2. The van der Waals surface area contributed by atoms with Crippen LogP contribution < -0.4 is 10.2 Å². The number of halogens is 1. The first kappa shape index (κ1) is 18.8. The largest absolute Gasteiger partial charge is 0.322 e. The maximum atomic E-state index is 12.5. The molecule has 1 N–H and O–H groups in total. The summed E-state index contributed by atoms with van der Waals surface area (Å²) in [7, 11) is 3.43. The van der Waals surface area contributed by atoms with Crippen LogP contribution in [0.2, 0.25) is 5.02 Å². The van der Waals surface area contributed by atoms with Gasteiger partial charge in [-0.1, -0.05) is 29.8 Å². The van der Waals surface area contributed by atoms with Crippen molar-refractivity contribution in [1.29, 1.82) is 0 Å². The van der Waals surface area contributed by atoms with Crippen LogP contribution in [-0.2, 0) is 4.79 Å². The molecule has 25 heavy (non-hydrogen) atoms. The average Bonchev–Trinajstić information content (AvgIpc) is 2.60. The van der Waals surface area contributed by atoms with Crippen molar-refractivity contribution in [2.45, 2.75) is 19.9 Å². The van der Waals surface area contributed by atoms with Crippen molar-refractivity contribution in [3.05, 3.63) is 59.1 Å². The van der Waals surface area contributed by atoms with Crippen molar-refractivity contribution < 1.29 is 9.59 Å². The molecule has 0 saturated heterocycles. The molecule has 2 aromatic rings. The number of hydrogen-bond donors (Lipinski definition) is 1. The first-order chi connectivity index (χ1) is 11.8. The van der Waals surface area contributed by atoms with E-state index >= 15 is 0 Å². The van der Waals surface area contributed by atoms with E-state index in [0.717, 1.165) is 11.3 Å². The molecule has 0 saturated carbocycles. The highest BCUT2D eigenvalue weighted by Gasteiger charge is 2.19. The Hall–Kier alpha value is -2.53. The molecular weight excluding hydrogens is 338 g/mol. The first-order valence-corrected chi connectivity index (χ1v) is 8.31. The number of amides is 3. The summed E-state index contributed by atoms with van der Waals surface area (Å²) in [5, 5.41) is 3.48. The fraction of sp³-hybridized carbons (Fsp3) is 0.263. The Morgan fingerprint density at radius 2 is 1.64 bits per heavy atom. The van der Waals surface area contributed by atoms with Crippen LogP contribution in [0.4, 0.5) is 16.2 Å². The topological polar surface area (TPSA) is 52.7 Å². The van der Waals surface area contributed by atoms with Gasteiger partial charge in [0.2, 0.25) is 5.91 Å². The summed E-state index contributed by atoms with van der Waals surface area (Å²) in [5.74, 6) is -0.0508. The zero-order valence-corrected chi connectivity index (χ0v) is 15.5. The van der Waals surface area contributed by atoms with Crippen LogP contribution in [0.5, 0.6) is 0 Å². The predicted octanol–water partition coefficient (Wildman–Crippen LogP) is 4.55. The van der Waals surface area contributed by atoms with Crippen LogP contribution in [0.3, 0.4) is 0 Å². The van der Waals surface area contributed by atoms with Gasteiger partial charge in [0.1, 0.15) is 0 Å². The van der Waals surface area contributed by atoms with Crippen LogP contribution in [0, 0.1) is 0 Å². The van der Waals surface area contributed by atoms with Gasteiger partial charge >= 0.3 is 6.03 Å². The SMILES string of the molecule is CC(=O)N(C)c1ccc(NC(=O)N(C)C(C)c2ccccc2Cl)cc1. The zero-order chi connectivity index (χ0) is 18.6. The lowest BCUT2D eigenvalue weighted by molar-refractivity contribution is -0.116. The third-order valence-corrected chi connectivity index (χ3v) is 4.58. The molecule has 0 aromatic heterocycles. The lowest BCUT2D eigenvalue weighted by atomic mass is 10.1. The van der Waals surface area contributed by atoms with Crippen LogP contribution in [0.1, 0.15) is 25.5 Å². The standard InChI is InChI=1S/C19H22ClN3O2/c1-13(17-7-5-6-8-18(17)20)22(3)19(25)21-15-9-11-16(12-10-15)23(4)14(2)24/h5-13H,1-4H3,(H,21,25). The molecule has 132 valence electrons. The van der Waals surface area contributed by atoms with E-state index in [0.29, 0.717) is 10.7 Å². The summed E-state index contributed by atoms with van der Waals surface area (Å²) < 4.78 is 0. The summed E-state index contributed by atoms with van der Waals surface area (Å²) in [6.07, 6.45) is 0. The van der Waals surface area contributed by atoms with E-state index in [4.69, 9.17) is 11.6 Å². The van der Waals surface area contributed by atoms with E-state index < -0.39 is 0 Å². The van der Waals surface area contributed by atoms with Crippen LogP contribution in [-0.4, -0.2) is 30.9 Å². The van der Waals surface area contributed by atoms with Gasteiger partial charge in [0.05, 0.1) is 6.04 Å². The van der Waals surface area contributed by atoms with Gasteiger partial charge in [-0.05, 0) is 42.8 Å². The van der Waals surface area contributed by atoms with Crippen LogP contribution in [0.25, 0.3) is 0 Å². The summed E-state index contributed by atoms with van der Waals surface area (Å²) in [4.78, 5) is 27.0. The van der Waals surface area contributed by atoms with Crippen LogP contribution >= 0.6 is 11.6 Å². The molecule has 0 bridgehead atoms. The molecule has 1 unspecified atom stereocenters. The van der Waals surface area contributed by atoms with Crippen molar-refractivity contribution in [1.82, 2.24) is 4.90 Å². The Labute approximate surface area is 153 Å². The van der Waals surface area contributed by atoms with Gasteiger partial charge in [-0.25, -0.2) is 4.79 Å². The average molecular weight is 360 g/mol. The summed E-state index contributed by atoms with van der Waals surface area (Å²) >= 11 is 6.21. The Morgan fingerprint density at radius 1 is 1.04 bits per heavy atom. The van der Waals surface area contributed by atoms with Gasteiger partial charge in [-0.2, -0.15) is 0 Å². The van der Waals surface area contributed by atoms with Crippen molar-refractivity contribution in [2.24, 2.45) is 0 Å². The number of rotatable bonds is 4. The highest BCUT2D eigenvalue weighted by atomic mass is 35.5. The van der Waals surface area contributed by atoms with Crippen LogP contribution in [0.15, 0.2) is 48.5 Å². The molecule has 0 aliphatic rings. The number of nitrogens with one attached hydrogen (secondary N) is 1. The second kappa shape index (κ2) is 8.03. The molecule has 0 spiro atoms. The molecule has 0 radical (unpaired) electrons. The van der Waals surface area contributed by atoms with E-state index in [-0.39, 0.29) is 18.0 Å². The molecule has 0 aliphatic heterocycles. The number of benzene rings is 2. The number of urea groups is 1. The molecule has 6 heteroatoms. The number of carbonyl (C=O) groups is 2. The van der Waals surface area contributed by atoms with Crippen molar-refractivity contribution in [2.75, 3.05) is 24.3 Å². The van der Waals surface area contributed by atoms with Gasteiger partial charge in [0, 0.05) is 37.4 Å². The quantitative estimate of drug-likeness (QED) is 0.870. The molecule has 0 aliphatic carbocycles. The number of nitrogens with zero attached hydrogens (tertiary/aromatic N) is 2. The van der Waals surface area contributed by atoms with Gasteiger partial charge in [0.25, 0.3) is 0 Å². The number of carbonyl (C=O) groups excluding carboxylic acids is 2. The zero-order valence-electron chi connectivity index (χ0n) is 14.8. The van der Waals surface area contributed by atoms with Gasteiger partial charge in [0.15, 0.2) is 0 Å². The first-order valence-electron chi connectivity index (χ1n) is 7.94. The molecule has 2 aromatic carbocycles. The predicted molar refractivity (Wildman–Crippen MR) is 102 cm³/mol. The molecular formula is C19H22ClN3O2. The van der Waals surface area contributed by atoms with Gasteiger partial charge in [-0.15, -0.1) is 0 Å². The Bertz CT molecular complexity index is 762. The minimum absolute atomic E-state index is 0.0508. The summed E-state index contributed by atoms with van der Waals surface area (Å²) in [5.41, 5.74) is 2.31. The lowest BCUT2D eigenvalue weighted by Crippen LogP contribution is -2.33. The third kappa shape index (κ3) is 4.51. The fourth-order valence-corrected chi connectivity index (χ4v) is 2.65. The van der Waals surface area contributed by atoms with E-state index in [9.17, 15) is 9.59 Å². The molecule has 0 heterocycles. The molecule has 2 rings (SSSR count). The van der Waals surface area contributed by atoms with Crippen molar-refractivity contribution >= 4 is 34.9 Å². The highest BCUT2D eigenvalue weighted by Crippen LogP contribution is 2.26. The minimum atomic E-state index is -0.236. The third-order valence-electron chi connectivity index (χ3n) is 4.23.